The molecule has 0 unspecified atom stereocenters. The number of rotatable bonds is 2. The predicted octanol–water partition coefficient (Wildman–Crippen LogP) is 0.155. The van der Waals surface area contributed by atoms with E-state index in [1.807, 2.05) is 6.07 Å². The first kappa shape index (κ1) is 7.88. The molecule has 66 valence electrons. The van der Waals surface area contributed by atoms with Crippen LogP contribution in [0, 0.1) is 0 Å². The second kappa shape index (κ2) is 3.32. The first-order valence-electron chi connectivity index (χ1n) is 3.83. The van der Waals surface area contributed by atoms with E-state index in [-0.39, 0.29) is 6.61 Å². The molecule has 0 atom stereocenters. The number of aliphatic hydroxyl groups is 1. The standard InChI is InChI=1S/C8H8N4O/c13-6-7-2-3-8(11-10-7)12-5-1-4-9-12/h1-5,13H,6H2. The van der Waals surface area contributed by atoms with Crippen LogP contribution in [0.25, 0.3) is 5.82 Å². The fourth-order valence-electron chi connectivity index (χ4n) is 0.964. The average molecular weight is 176 g/mol. The first-order valence-corrected chi connectivity index (χ1v) is 3.83. The quantitative estimate of drug-likeness (QED) is 0.707. The molecule has 1 N–H and O–H groups in total. The lowest BCUT2D eigenvalue weighted by atomic mass is 10.4. The van der Waals surface area contributed by atoms with Crippen molar-refractivity contribution in [2.24, 2.45) is 0 Å². The summed E-state index contributed by atoms with van der Waals surface area (Å²) in [6.45, 7) is -0.0909. The topological polar surface area (TPSA) is 63.8 Å². The molecule has 2 aromatic heterocycles. The zero-order valence-corrected chi connectivity index (χ0v) is 6.83. The molecule has 0 saturated carbocycles. The molecule has 0 bridgehead atoms. The van der Waals surface area contributed by atoms with E-state index >= 15 is 0 Å². The Labute approximate surface area is 74.7 Å². The molecule has 13 heavy (non-hydrogen) atoms. The van der Waals surface area contributed by atoms with E-state index in [9.17, 15) is 0 Å². The molecule has 0 radical (unpaired) electrons. The molecule has 0 saturated heterocycles. The number of nitrogens with zero attached hydrogens (tertiary/aromatic N) is 4. The van der Waals surface area contributed by atoms with Crippen LogP contribution in [0.15, 0.2) is 30.6 Å². The van der Waals surface area contributed by atoms with E-state index in [2.05, 4.69) is 15.3 Å². The Balaban J connectivity index is 2.33. The van der Waals surface area contributed by atoms with Crippen molar-refractivity contribution in [3.8, 4) is 5.82 Å². The van der Waals surface area contributed by atoms with Crippen LogP contribution in [-0.4, -0.2) is 25.1 Å². The molecular weight excluding hydrogens is 168 g/mol. The van der Waals surface area contributed by atoms with E-state index in [0.717, 1.165) is 0 Å². The number of hydrogen-bond acceptors (Lipinski definition) is 4. The van der Waals surface area contributed by atoms with Gasteiger partial charge in [-0.15, -0.1) is 5.10 Å². The first-order chi connectivity index (χ1) is 6.40. The van der Waals surface area contributed by atoms with E-state index in [1.54, 1.807) is 29.2 Å². The Kier molecular flexibility index (Phi) is 2.01. The highest BCUT2D eigenvalue weighted by Crippen LogP contribution is 2.01. The van der Waals surface area contributed by atoms with Crippen molar-refractivity contribution >= 4 is 0 Å². The van der Waals surface area contributed by atoms with Crippen molar-refractivity contribution in [3.63, 3.8) is 0 Å². The Hall–Kier alpha value is -1.75. The van der Waals surface area contributed by atoms with Gasteiger partial charge in [-0.05, 0) is 18.2 Å². The molecule has 0 fully saturated rings. The smallest absolute Gasteiger partial charge is 0.175 e. The maximum absolute atomic E-state index is 8.73. The maximum atomic E-state index is 8.73. The highest BCUT2D eigenvalue weighted by atomic mass is 16.3. The summed E-state index contributed by atoms with van der Waals surface area (Å²) in [5.74, 6) is 0.641. The largest absolute Gasteiger partial charge is 0.390 e. The van der Waals surface area contributed by atoms with Gasteiger partial charge in [-0.25, -0.2) is 4.68 Å². The third kappa shape index (κ3) is 1.54. The molecule has 0 aliphatic rings. The molecule has 5 heteroatoms. The minimum atomic E-state index is -0.0909. The maximum Gasteiger partial charge on any atom is 0.175 e. The van der Waals surface area contributed by atoms with Crippen LogP contribution in [-0.2, 0) is 6.61 Å². The zero-order valence-electron chi connectivity index (χ0n) is 6.83. The summed E-state index contributed by atoms with van der Waals surface area (Å²) in [6, 6.07) is 5.28. The van der Waals surface area contributed by atoms with Gasteiger partial charge in [-0.1, -0.05) is 0 Å². The lowest BCUT2D eigenvalue weighted by Gasteiger charge is -1.98. The molecule has 2 heterocycles. The van der Waals surface area contributed by atoms with Gasteiger partial charge in [0.25, 0.3) is 0 Å². The number of aliphatic hydroxyl groups excluding tert-OH is 1. The minimum Gasteiger partial charge on any atom is -0.390 e. The van der Waals surface area contributed by atoms with E-state index in [4.69, 9.17) is 5.11 Å². The Bertz CT molecular complexity index is 368. The zero-order chi connectivity index (χ0) is 9.10. The monoisotopic (exact) mass is 176 g/mol. The summed E-state index contributed by atoms with van der Waals surface area (Å²) in [7, 11) is 0. The third-order valence-corrected chi connectivity index (χ3v) is 1.61. The minimum absolute atomic E-state index is 0.0909. The highest BCUT2D eigenvalue weighted by Gasteiger charge is 1.98. The van der Waals surface area contributed by atoms with Gasteiger partial charge in [-0.2, -0.15) is 10.2 Å². The molecule has 0 spiro atoms. The van der Waals surface area contributed by atoms with Crippen LogP contribution in [0.3, 0.4) is 0 Å². The number of aromatic nitrogens is 4. The van der Waals surface area contributed by atoms with Gasteiger partial charge in [0.05, 0.1) is 12.3 Å². The van der Waals surface area contributed by atoms with Crippen molar-refractivity contribution in [2.45, 2.75) is 6.61 Å². The highest BCUT2D eigenvalue weighted by molar-refractivity contribution is 5.19. The van der Waals surface area contributed by atoms with Gasteiger partial charge in [0.1, 0.15) is 0 Å². The summed E-state index contributed by atoms with van der Waals surface area (Å²) in [5.41, 5.74) is 0.552. The molecule has 0 aliphatic heterocycles. The predicted molar refractivity (Wildman–Crippen MR) is 45.1 cm³/mol. The molecule has 5 nitrogen and oxygen atoms in total. The Morgan fingerprint density at radius 1 is 1.31 bits per heavy atom. The second-order valence-electron chi connectivity index (χ2n) is 2.49. The van der Waals surface area contributed by atoms with Gasteiger partial charge >= 0.3 is 0 Å². The van der Waals surface area contributed by atoms with Crippen LogP contribution >= 0.6 is 0 Å². The SMILES string of the molecule is OCc1ccc(-n2cccn2)nn1. The van der Waals surface area contributed by atoms with Gasteiger partial charge in [-0.3, -0.25) is 0 Å². The van der Waals surface area contributed by atoms with Crippen molar-refractivity contribution in [3.05, 3.63) is 36.3 Å². The normalized spacial score (nSPS) is 10.2. The second-order valence-corrected chi connectivity index (χ2v) is 2.49. The Morgan fingerprint density at radius 2 is 2.23 bits per heavy atom. The van der Waals surface area contributed by atoms with E-state index in [0.29, 0.717) is 11.5 Å². The molecule has 0 aliphatic carbocycles. The van der Waals surface area contributed by atoms with Crippen LogP contribution < -0.4 is 0 Å². The van der Waals surface area contributed by atoms with Gasteiger partial charge in [0, 0.05) is 12.4 Å². The van der Waals surface area contributed by atoms with Crippen molar-refractivity contribution in [2.75, 3.05) is 0 Å². The summed E-state index contributed by atoms with van der Waals surface area (Å²) >= 11 is 0. The summed E-state index contributed by atoms with van der Waals surface area (Å²) < 4.78 is 1.61. The number of hydrogen-bond donors (Lipinski definition) is 1. The fraction of sp³-hybridized carbons (Fsp3) is 0.125. The van der Waals surface area contributed by atoms with Crippen LogP contribution in [0.1, 0.15) is 5.69 Å². The van der Waals surface area contributed by atoms with E-state index in [1.165, 1.54) is 0 Å². The van der Waals surface area contributed by atoms with Crippen LogP contribution in [0.5, 0.6) is 0 Å². The van der Waals surface area contributed by atoms with Gasteiger partial charge in [0.2, 0.25) is 0 Å². The van der Waals surface area contributed by atoms with Crippen molar-refractivity contribution in [1.82, 2.24) is 20.0 Å². The summed E-state index contributed by atoms with van der Waals surface area (Å²) in [5, 5.41) is 20.4. The van der Waals surface area contributed by atoms with Gasteiger partial charge in [0.15, 0.2) is 5.82 Å². The molecule has 0 aromatic carbocycles. The molecular formula is C8H8N4O. The lowest BCUT2D eigenvalue weighted by molar-refractivity contribution is 0.275. The van der Waals surface area contributed by atoms with Gasteiger partial charge < -0.3 is 5.11 Å². The van der Waals surface area contributed by atoms with Crippen LogP contribution in [0.4, 0.5) is 0 Å². The third-order valence-electron chi connectivity index (χ3n) is 1.61. The molecule has 2 aromatic rings. The van der Waals surface area contributed by atoms with Crippen molar-refractivity contribution < 1.29 is 5.11 Å². The summed E-state index contributed by atoms with van der Waals surface area (Å²) in [4.78, 5) is 0. The van der Waals surface area contributed by atoms with Crippen LogP contribution in [0.2, 0.25) is 0 Å². The summed E-state index contributed by atoms with van der Waals surface area (Å²) in [6.07, 6.45) is 3.45. The molecule has 2 rings (SSSR count). The fourth-order valence-corrected chi connectivity index (χ4v) is 0.964. The average Bonchev–Trinajstić information content (AvgIpc) is 2.71. The lowest BCUT2D eigenvalue weighted by Crippen LogP contribution is -2.01. The molecule has 0 amide bonds. The van der Waals surface area contributed by atoms with E-state index < -0.39 is 0 Å². The Morgan fingerprint density at radius 3 is 2.77 bits per heavy atom. The van der Waals surface area contributed by atoms with Crippen molar-refractivity contribution in [1.29, 1.82) is 0 Å².